The first kappa shape index (κ1) is 24.5. The lowest BCUT2D eigenvalue weighted by atomic mass is 9.94. The van der Waals surface area contributed by atoms with Gasteiger partial charge in [-0.05, 0) is 62.8 Å². The second kappa shape index (κ2) is 8.57. The molecule has 34 heavy (non-hydrogen) atoms. The Labute approximate surface area is 197 Å². The summed E-state index contributed by atoms with van der Waals surface area (Å²) in [5, 5.41) is 0. The van der Waals surface area contributed by atoms with E-state index in [0.29, 0.717) is 12.5 Å². The van der Waals surface area contributed by atoms with Gasteiger partial charge in [-0.3, -0.25) is 4.90 Å². The number of nitrogens with zero attached hydrogens (tertiary/aromatic N) is 1. The molecule has 2 aromatic carbocycles. The summed E-state index contributed by atoms with van der Waals surface area (Å²) in [7, 11) is -3.60. The number of hydrogen-bond donors (Lipinski definition) is 1. The van der Waals surface area contributed by atoms with Crippen LogP contribution in [-0.4, -0.2) is 49.4 Å². The number of sulfonamides is 1. The summed E-state index contributed by atoms with van der Waals surface area (Å²) in [5.41, 5.74) is -0.514. The molecular weight excluding hydrogens is 469 g/mol. The highest BCUT2D eigenvalue weighted by atomic mass is 32.2. The van der Waals surface area contributed by atoms with Gasteiger partial charge < -0.3 is 4.74 Å². The van der Waals surface area contributed by atoms with Crippen LogP contribution in [0.15, 0.2) is 36.4 Å². The molecule has 1 aliphatic carbocycles. The topological polar surface area (TPSA) is 75.7 Å². The molecule has 4 rings (SSSR count). The van der Waals surface area contributed by atoms with Crippen LogP contribution in [-0.2, 0) is 21.2 Å². The molecule has 1 aliphatic heterocycles. The van der Waals surface area contributed by atoms with Gasteiger partial charge >= 0.3 is 6.09 Å². The van der Waals surface area contributed by atoms with E-state index in [2.05, 4.69) is 4.72 Å². The Hall–Kier alpha value is -2.59. The number of benzene rings is 2. The number of carbonyl (C=O) groups excluding carboxylic acids is 1. The van der Waals surface area contributed by atoms with Gasteiger partial charge in [-0.25, -0.2) is 31.1 Å². The first-order valence-corrected chi connectivity index (χ1v) is 12.8. The predicted molar refractivity (Wildman–Crippen MR) is 121 cm³/mol. The van der Waals surface area contributed by atoms with Gasteiger partial charge in [0.15, 0.2) is 0 Å². The molecule has 184 valence electrons. The van der Waals surface area contributed by atoms with Gasteiger partial charge in [-0.2, -0.15) is 0 Å². The van der Waals surface area contributed by atoms with Crippen molar-refractivity contribution in [3.63, 3.8) is 0 Å². The van der Waals surface area contributed by atoms with E-state index in [1.165, 1.54) is 17.0 Å². The van der Waals surface area contributed by atoms with E-state index in [0.717, 1.165) is 18.4 Å². The molecule has 4 unspecified atom stereocenters. The highest BCUT2D eigenvalue weighted by Crippen LogP contribution is 2.49. The lowest BCUT2D eigenvalue weighted by Gasteiger charge is -2.33. The average molecular weight is 497 g/mol. The van der Waals surface area contributed by atoms with Crippen LogP contribution in [0.3, 0.4) is 0 Å². The quantitative estimate of drug-likeness (QED) is 0.672. The molecular formula is C24H27F3N2O4S. The van der Waals surface area contributed by atoms with E-state index in [9.17, 15) is 22.0 Å². The molecule has 1 saturated heterocycles. The summed E-state index contributed by atoms with van der Waals surface area (Å²) >= 11 is 0. The largest absolute Gasteiger partial charge is 0.444 e. The van der Waals surface area contributed by atoms with Gasteiger partial charge in [0.2, 0.25) is 10.0 Å². The van der Waals surface area contributed by atoms with E-state index in [1.54, 1.807) is 26.8 Å². The number of nitrogens with one attached hydrogen (secondary N) is 1. The number of ether oxygens (including phenoxy) is 1. The van der Waals surface area contributed by atoms with E-state index >= 15 is 4.39 Å². The first-order valence-electron chi connectivity index (χ1n) is 11.0. The SMILES string of the molecule is CC(C)(C)OC(=O)N1C2CC2C(NS(C)(=O)=O)C1Cc1cccc(-c2cc(F)cc(F)c2)c1F. The van der Waals surface area contributed by atoms with Crippen LogP contribution in [0.5, 0.6) is 0 Å². The zero-order valence-corrected chi connectivity index (χ0v) is 20.1. The molecule has 1 saturated carbocycles. The van der Waals surface area contributed by atoms with E-state index in [1.807, 2.05) is 0 Å². The summed E-state index contributed by atoms with van der Waals surface area (Å²) in [6.45, 7) is 5.19. The summed E-state index contributed by atoms with van der Waals surface area (Å²) in [4.78, 5) is 14.5. The van der Waals surface area contributed by atoms with Crippen LogP contribution in [0.1, 0.15) is 32.8 Å². The number of carbonyl (C=O) groups is 1. The Morgan fingerprint density at radius 3 is 2.38 bits per heavy atom. The van der Waals surface area contributed by atoms with Gasteiger partial charge in [0.25, 0.3) is 0 Å². The van der Waals surface area contributed by atoms with Gasteiger partial charge in [0.1, 0.15) is 23.1 Å². The number of amides is 1. The van der Waals surface area contributed by atoms with Crippen molar-refractivity contribution >= 4 is 16.1 Å². The molecule has 2 fully saturated rings. The Morgan fingerprint density at radius 2 is 1.79 bits per heavy atom. The van der Waals surface area contributed by atoms with Crippen molar-refractivity contribution in [3.8, 4) is 11.1 Å². The highest BCUT2D eigenvalue weighted by Gasteiger charge is 2.61. The van der Waals surface area contributed by atoms with Gasteiger partial charge in [-0.1, -0.05) is 18.2 Å². The minimum atomic E-state index is -3.60. The zero-order valence-electron chi connectivity index (χ0n) is 19.3. The Morgan fingerprint density at radius 1 is 1.15 bits per heavy atom. The minimum Gasteiger partial charge on any atom is -0.444 e. The normalized spacial score (nSPS) is 24.1. The molecule has 0 bridgehead atoms. The van der Waals surface area contributed by atoms with Gasteiger partial charge in [0.05, 0.1) is 12.3 Å². The number of rotatable bonds is 5. The van der Waals surface area contributed by atoms with E-state index < -0.39 is 51.3 Å². The van der Waals surface area contributed by atoms with Crippen molar-refractivity contribution in [2.75, 3.05) is 6.26 Å². The molecule has 2 aromatic rings. The minimum absolute atomic E-state index is 0.00307. The standard InChI is InChI=1S/C24H27F3N2O4S/c1-24(2,3)33-23(30)29-19-12-18(19)22(28-34(4,31)32)20(29)10-13-6-5-7-17(21(13)27)14-8-15(25)11-16(26)9-14/h5-9,11,18-20,22,28H,10,12H2,1-4H3. The third-order valence-corrected chi connectivity index (χ3v) is 6.73. The van der Waals surface area contributed by atoms with Crippen molar-refractivity contribution in [2.24, 2.45) is 5.92 Å². The second-order valence-electron chi connectivity index (χ2n) is 9.98. The predicted octanol–water partition coefficient (Wildman–Crippen LogP) is 4.24. The maximum absolute atomic E-state index is 15.5. The smallest absolute Gasteiger partial charge is 0.410 e. The third-order valence-electron chi connectivity index (χ3n) is 6.03. The molecule has 10 heteroatoms. The summed E-state index contributed by atoms with van der Waals surface area (Å²) in [5.74, 6) is -2.44. The van der Waals surface area contributed by atoms with E-state index in [-0.39, 0.29) is 35.1 Å². The van der Waals surface area contributed by atoms with Crippen molar-refractivity contribution in [1.29, 1.82) is 0 Å². The van der Waals surface area contributed by atoms with Crippen LogP contribution < -0.4 is 4.72 Å². The number of fused-ring (bicyclic) bond motifs is 1. The first-order chi connectivity index (χ1) is 15.7. The van der Waals surface area contributed by atoms with E-state index in [4.69, 9.17) is 4.74 Å². The average Bonchev–Trinajstić information content (AvgIpc) is 3.38. The summed E-state index contributed by atoms with van der Waals surface area (Å²) < 4.78 is 75.2. The molecule has 0 radical (unpaired) electrons. The van der Waals surface area contributed by atoms with Crippen LogP contribution >= 0.6 is 0 Å². The maximum atomic E-state index is 15.5. The van der Waals surface area contributed by atoms with Crippen molar-refractivity contribution in [3.05, 3.63) is 59.4 Å². The zero-order chi connectivity index (χ0) is 25.0. The molecule has 1 N–H and O–H groups in total. The Balaban J connectivity index is 1.70. The Kier molecular flexibility index (Phi) is 6.18. The monoisotopic (exact) mass is 496 g/mol. The number of halogens is 3. The number of likely N-dealkylation sites (tertiary alicyclic amines) is 1. The van der Waals surface area contributed by atoms with Crippen LogP contribution in [0.2, 0.25) is 0 Å². The lowest BCUT2D eigenvalue weighted by molar-refractivity contribution is 0.0171. The molecule has 2 aliphatic rings. The fraction of sp³-hybridized carbons (Fsp3) is 0.458. The second-order valence-corrected chi connectivity index (χ2v) is 11.8. The molecule has 1 amide bonds. The van der Waals surface area contributed by atoms with Gasteiger partial charge in [-0.15, -0.1) is 0 Å². The van der Waals surface area contributed by atoms with Crippen molar-refractivity contribution < 1.29 is 31.1 Å². The van der Waals surface area contributed by atoms with Gasteiger partial charge in [0, 0.05) is 23.7 Å². The van der Waals surface area contributed by atoms with Crippen molar-refractivity contribution in [1.82, 2.24) is 9.62 Å². The maximum Gasteiger partial charge on any atom is 0.410 e. The number of piperidine rings is 1. The molecule has 0 spiro atoms. The molecule has 4 atom stereocenters. The third kappa shape index (κ3) is 5.22. The fourth-order valence-electron chi connectivity index (χ4n) is 4.73. The van der Waals surface area contributed by atoms with Crippen LogP contribution in [0.4, 0.5) is 18.0 Å². The summed E-state index contributed by atoms with van der Waals surface area (Å²) in [6, 6.07) is 5.76. The lowest BCUT2D eigenvalue weighted by Crippen LogP contribution is -2.51. The van der Waals surface area contributed by atoms with Crippen LogP contribution in [0.25, 0.3) is 11.1 Å². The molecule has 0 aromatic heterocycles. The molecule has 1 heterocycles. The highest BCUT2D eigenvalue weighted by molar-refractivity contribution is 7.88. The molecule has 6 nitrogen and oxygen atoms in total. The summed E-state index contributed by atoms with van der Waals surface area (Å²) in [6.07, 6.45) is 1.06. The number of hydrogen-bond acceptors (Lipinski definition) is 4. The van der Waals surface area contributed by atoms with Crippen molar-refractivity contribution in [2.45, 2.75) is 57.3 Å². The Bertz CT molecular complexity index is 1210. The fourth-order valence-corrected chi connectivity index (χ4v) is 5.56. The van der Waals surface area contributed by atoms with Crippen LogP contribution in [0, 0.1) is 23.4 Å².